The van der Waals surface area contributed by atoms with E-state index >= 15 is 0 Å². The zero-order valence-corrected chi connectivity index (χ0v) is 8.54. The van der Waals surface area contributed by atoms with Crippen LogP contribution in [0.5, 0.6) is 0 Å². The molecular weight excluding hydrogens is 204 g/mol. The average molecular weight is 214 g/mol. The number of hydrogen-bond acceptors (Lipinski definition) is 2. The van der Waals surface area contributed by atoms with Crippen LogP contribution in [0.25, 0.3) is 0 Å². The Hall–Kier alpha value is -0.908. The number of carbonyl (C=O) groups excluding carboxylic acids is 2. The molecule has 0 saturated carbocycles. The molecule has 1 rings (SSSR count). The van der Waals surface area contributed by atoms with Crippen molar-refractivity contribution >= 4 is 12.1 Å². The predicted octanol–water partition coefficient (Wildman–Crippen LogP) is 1.56. The van der Waals surface area contributed by atoms with Crippen LogP contribution in [0.2, 0.25) is 0 Å². The van der Waals surface area contributed by atoms with E-state index in [1.165, 1.54) is 6.92 Å². The molecule has 13 heavy (non-hydrogen) atoms. The topological polar surface area (TPSA) is 34.1 Å². The van der Waals surface area contributed by atoms with Gasteiger partial charge in [0, 0.05) is 0 Å². The van der Waals surface area contributed by atoms with Crippen LogP contribution in [0, 0.1) is 0 Å². The van der Waals surface area contributed by atoms with Gasteiger partial charge in [0.2, 0.25) is 0 Å². The van der Waals surface area contributed by atoms with Crippen molar-refractivity contribution in [2.24, 2.45) is 0 Å². The van der Waals surface area contributed by atoms with Gasteiger partial charge in [-0.05, 0) is 12.5 Å². The molecule has 1 radical (unpaired) electrons. The predicted molar refractivity (Wildman–Crippen MR) is 45.9 cm³/mol. The molecule has 3 heteroatoms. The maximum atomic E-state index is 10.9. The molecule has 1 aromatic rings. The smallest absolute Gasteiger partial charge is 0.302 e. The van der Waals surface area contributed by atoms with E-state index in [0.717, 1.165) is 5.56 Å². The summed E-state index contributed by atoms with van der Waals surface area (Å²) in [6.45, 7) is 1.42. The summed E-state index contributed by atoms with van der Waals surface area (Å²) in [5, 5.41) is 0. The first-order chi connectivity index (χ1) is 5.75. The summed E-state index contributed by atoms with van der Waals surface area (Å²) in [6, 6.07) is 9.04. The van der Waals surface area contributed by atoms with Gasteiger partial charge in [-0.25, -0.2) is 0 Å². The fourth-order valence-corrected chi connectivity index (χ4v) is 1.07. The SMILES string of the molecule is CC(=O)C(C=O)c1ccccc1.[Cr+3]. The second-order valence-electron chi connectivity index (χ2n) is 2.64. The van der Waals surface area contributed by atoms with Crippen LogP contribution in [0.4, 0.5) is 0 Å². The summed E-state index contributed by atoms with van der Waals surface area (Å²) < 4.78 is 0. The maximum absolute atomic E-state index is 10.9. The Morgan fingerprint density at radius 1 is 1.31 bits per heavy atom. The molecule has 0 aliphatic rings. The zero-order valence-electron chi connectivity index (χ0n) is 7.27. The molecule has 65 valence electrons. The van der Waals surface area contributed by atoms with E-state index < -0.39 is 5.92 Å². The molecular formula is C10H10CrO2+3. The maximum Gasteiger partial charge on any atom is 3.00 e. The largest absolute Gasteiger partial charge is 3.00 e. The first kappa shape index (κ1) is 12.1. The van der Waals surface area contributed by atoms with Gasteiger partial charge in [0.15, 0.2) is 0 Å². The molecule has 0 amide bonds. The molecule has 2 nitrogen and oxygen atoms in total. The van der Waals surface area contributed by atoms with Crippen LogP contribution in [-0.2, 0) is 27.0 Å². The van der Waals surface area contributed by atoms with Crippen molar-refractivity contribution in [1.29, 1.82) is 0 Å². The van der Waals surface area contributed by atoms with Crippen molar-refractivity contribution < 1.29 is 27.0 Å². The number of carbonyl (C=O) groups is 2. The first-order valence-corrected chi connectivity index (χ1v) is 3.76. The number of rotatable bonds is 3. The normalized spacial score (nSPS) is 11.2. The van der Waals surface area contributed by atoms with Crippen molar-refractivity contribution in [3.63, 3.8) is 0 Å². The second kappa shape index (κ2) is 5.69. The van der Waals surface area contributed by atoms with Crippen LogP contribution in [-0.4, -0.2) is 12.1 Å². The fraction of sp³-hybridized carbons (Fsp3) is 0.200. The minimum absolute atomic E-state index is 0. The molecule has 0 bridgehead atoms. The van der Waals surface area contributed by atoms with Gasteiger partial charge in [-0.1, -0.05) is 30.3 Å². The summed E-state index contributed by atoms with van der Waals surface area (Å²) in [5.41, 5.74) is 0.764. The molecule has 0 heterocycles. The first-order valence-electron chi connectivity index (χ1n) is 3.76. The van der Waals surface area contributed by atoms with Gasteiger partial charge in [0.25, 0.3) is 0 Å². The van der Waals surface area contributed by atoms with E-state index in [2.05, 4.69) is 0 Å². The van der Waals surface area contributed by atoms with Crippen molar-refractivity contribution in [1.82, 2.24) is 0 Å². The van der Waals surface area contributed by atoms with Crippen LogP contribution >= 0.6 is 0 Å². The van der Waals surface area contributed by atoms with E-state index in [1.54, 1.807) is 12.1 Å². The Morgan fingerprint density at radius 3 is 2.23 bits per heavy atom. The number of Topliss-reactive ketones (excluding diaryl/α,β-unsaturated/α-hetero) is 1. The number of benzene rings is 1. The zero-order chi connectivity index (χ0) is 8.97. The van der Waals surface area contributed by atoms with E-state index in [9.17, 15) is 9.59 Å². The average Bonchev–Trinajstić information content (AvgIpc) is 2.07. The number of hydrogen-bond donors (Lipinski definition) is 0. The van der Waals surface area contributed by atoms with Gasteiger partial charge in [0.05, 0.1) is 5.92 Å². The van der Waals surface area contributed by atoms with Crippen LogP contribution < -0.4 is 0 Å². The molecule has 0 fully saturated rings. The summed E-state index contributed by atoms with van der Waals surface area (Å²) in [6.07, 6.45) is 0.678. The Bertz CT molecular complexity index is 282. The molecule has 0 N–H and O–H groups in total. The molecule has 0 spiro atoms. The van der Waals surface area contributed by atoms with E-state index in [4.69, 9.17) is 0 Å². The van der Waals surface area contributed by atoms with Gasteiger partial charge in [-0.3, -0.25) is 4.79 Å². The molecule has 0 aromatic heterocycles. The van der Waals surface area contributed by atoms with Crippen LogP contribution in [0.1, 0.15) is 18.4 Å². The minimum atomic E-state index is -0.591. The third-order valence-corrected chi connectivity index (χ3v) is 1.73. The van der Waals surface area contributed by atoms with E-state index in [-0.39, 0.29) is 23.1 Å². The molecule has 0 saturated heterocycles. The van der Waals surface area contributed by atoms with Gasteiger partial charge in [-0.2, -0.15) is 0 Å². The molecule has 0 aliphatic carbocycles. The Morgan fingerprint density at radius 2 is 1.85 bits per heavy atom. The monoisotopic (exact) mass is 214 g/mol. The Balaban J connectivity index is 0.00000144. The quantitative estimate of drug-likeness (QED) is 0.565. The third kappa shape index (κ3) is 3.14. The summed E-state index contributed by atoms with van der Waals surface area (Å²) in [7, 11) is 0. The van der Waals surface area contributed by atoms with Gasteiger partial charge >= 0.3 is 17.4 Å². The Kier molecular flexibility index (Phi) is 5.29. The summed E-state index contributed by atoms with van der Waals surface area (Å²) >= 11 is 0. The summed E-state index contributed by atoms with van der Waals surface area (Å²) in [5.74, 6) is -0.706. The Labute approximate surface area is 88.1 Å². The van der Waals surface area contributed by atoms with Crippen LogP contribution in [0.3, 0.4) is 0 Å². The fourth-order valence-electron chi connectivity index (χ4n) is 1.07. The van der Waals surface area contributed by atoms with Gasteiger partial charge in [-0.15, -0.1) is 0 Å². The number of ketones is 1. The summed E-state index contributed by atoms with van der Waals surface area (Å²) in [4.78, 5) is 21.5. The van der Waals surface area contributed by atoms with Gasteiger partial charge < -0.3 is 4.79 Å². The van der Waals surface area contributed by atoms with Crippen LogP contribution in [0.15, 0.2) is 30.3 Å². The molecule has 1 unspecified atom stereocenters. The standard InChI is InChI=1S/C10H10O2.Cr/c1-8(12)10(7-11)9-5-3-2-4-6-9;/h2-7,10H,1H3;/q;+3. The van der Waals surface area contributed by atoms with Gasteiger partial charge in [0.1, 0.15) is 12.1 Å². The van der Waals surface area contributed by atoms with Crippen molar-refractivity contribution in [2.45, 2.75) is 12.8 Å². The molecule has 1 aromatic carbocycles. The minimum Gasteiger partial charge on any atom is -0.302 e. The number of aldehydes is 1. The van der Waals surface area contributed by atoms with E-state index in [1.807, 2.05) is 18.2 Å². The van der Waals surface area contributed by atoms with E-state index in [0.29, 0.717) is 6.29 Å². The van der Waals surface area contributed by atoms with Crippen molar-refractivity contribution in [2.75, 3.05) is 0 Å². The third-order valence-electron chi connectivity index (χ3n) is 1.73. The van der Waals surface area contributed by atoms with Crippen molar-refractivity contribution in [3.05, 3.63) is 35.9 Å². The molecule has 0 aliphatic heterocycles. The molecule has 1 atom stereocenters. The van der Waals surface area contributed by atoms with Crippen molar-refractivity contribution in [3.8, 4) is 0 Å². The second-order valence-corrected chi connectivity index (χ2v) is 2.64.